The maximum absolute atomic E-state index is 5.79. The zero-order valence-corrected chi connectivity index (χ0v) is 19.2. The highest BCUT2D eigenvalue weighted by Gasteiger charge is 2.23. The third-order valence-electron chi connectivity index (χ3n) is 5.98. The second-order valence-electron chi connectivity index (χ2n) is 8.79. The Kier molecular flexibility index (Phi) is 6.93. The molecule has 33 heavy (non-hydrogen) atoms. The predicted octanol–water partition coefficient (Wildman–Crippen LogP) is 5.22. The molecule has 2 saturated heterocycles. The molecule has 0 N–H and O–H groups in total. The van der Waals surface area contributed by atoms with Gasteiger partial charge >= 0.3 is 0 Å². The maximum atomic E-state index is 5.79. The van der Waals surface area contributed by atoms with Gasteiger partial charge in [0.25, 0.3) is 0 Å². The van der Waals surface area contributed by atoms with Crippen LogP contribution in [0.3, 0.4) is 0 Å². The molecule has 6 nitrogen and oxygen atoms in total. The van der Waals surface area contributed by atoms with Crippen molar-refractivity contribution < 1.29 is 18.9 Å². The monoisotopic (exact) mass is 448 g/mol. The zero-order valence-electron chi connectivity index (χ0n) is 19.2. The van der Waals surface area contributed by atoms with Crippen LogP contribution in [0.4, 0.5) is 0 Å². The Morgan fingerprint density at radius 1 is 0.848 bits per heavy atom. The number of benzene rings is 2. The molecule has 1 aromatic heterocycles. The van der Waals surface area contributed by atoms with Gasteiger partial charge in [-0.15, -0.1) is 0 Å². The van der Waals surface area contributed by atoms with Gasteiger partial charge in [-0.1, -0.05) is 26.2 Å². The fourth-order valence-corrected chi connectivity index (χ4v) is 3.81. The van der Waals surface area contributed by atoms with E-state index in [0.717, 1.165) is 54.5 Å². The average molecular weight is 449 g/mol. The van der Waals surface area contributed by atoms with Crippen molar-refractivity contribution in [3.63, 3.8) is 0 Å². The minimum absolute atomic E-state index is 0.256. The van der Waals surface area contributed by atoms with Crippen LogP contribution in [0.15, 0.2) is 54.6 Å². The van der Waals surface area contributed by atoms with E-state index in [1.54, 1.807) is 0 Å². The lowest BCUT2D eigenvalue weighted by atomic mass is 10.1. The third kappa shape index (κ3) is 6.15. The third-order valence-corrected chi connectivity index (χ3v) is 5.98. The number of epoxide rings is 2. The molecule has 2 aliphatic heterocycles. The second kappa shape index (κ2) is 10.4. The maximum Gasteiger partial charge on any atom is 0.119 e. The fraction of sp³-hybridized carbons (Fsp3) is 0.444. The van der Waals surface area contributed by atoms with Gasteiger partial charge in [0.1, 0.15) is 36.9 Å². The summed E-state index contributed by atoms with van der Waals surface area (Å²) < 4.78 is 24.1. The Bertz CT molecular complexity index is 1020. The molecule has 2 aliphatic rings. The molecule has 174 valence electrons. The molecule has 3 aromatic rings. The van der Waals surface area contributed by atoms with Crippen molar-refractivity contribution in [1.29, 1.82) is 0 Å². The van der Waals surface area contributed by atoms with Gasteiger partial charge in [0, 0.05) is 11.3 Å². The number of aryl methyl sites for hydroxylation is 1. The van der Waals surface area contributed by atoms with Crippen LogP contribution in [0, 0.1) is 0 Å². The number of rotatable bonds is 13. The van der Waals surface area contributed by atoms with Crippen LogP contribution >= 0.6 is 0 Å². The first-order valence-electron chi connectivity index (χ1n) is 12.1. The summed E-state index contributed by atoms with van der Waals surface area (Å²) in [6, 6.07) is 18.6. The lowest BCUT2D eigenvalue weighted by Crippen LogP contribution is -2.05. The van der Waals surface area contributed by atoms with E-state index in [1.807, 2.05) is 24.3 Å². The normalized spacial score (nSPS) is 18.8. The second-order valence-corrected chi connectivity index (χ2v) is 8.79. The zero-order chi connectivity index (χ0) is 22.5. The molecule has 0 radical (unpaired) electrons. The number of nitrogens with zero attached hydrogens (tertiary/aromatic N) is 2. The lowest BCUT2D eigenvalue weighted by molar-refractivity contribution is 0.263. The van der Waals surface area contributed by atoms with E-state index in [0.29, 0.717) is 13.2 Å². The van der Waals surface area contributed by atoms with E-state index < -0.39 is 0 Å². The summed E-state index contributed by atoms with van der Waals surface area (Å²) in [6.07, 6.45) is 6.43. The fourth-order valence-electron chi connectivity index (χ4n) is 3.81. The van der Waals surface area contributed by atoms with Crippen molar-refractivity contribution in [2.75, 3.05) is 26.4 Å². The smallest absolute Gasteiger partial charge is 0.119 e. The van der Waals surface area contributed by atoms with Crippen molar-refractivity contribution in [2.45, 2.75) is 51.2 Å². The van der Waals surface area contributed by atoms with Gasteiger partial charge in [0.15, 0.2) is 0 Å². The molecular formula is C27H32N2O4. The van der Waals surface area contributed by atoms with Crippen molar-refractivity contribution >= 4 is 0 Å². The van der Waals surface area contributed by atoms with E-state index in [-0.39, 0.29) is 12.2 Å². The minimum atomic E-state index is 0.256. The van der Waals surface area contributed by atoms with E-state index in [9.17, 15) is 0 Å². The predicted molar refractivity (Wildman–Crippen MR) is 127 cm³/mol. The summed E-state index contributed by atoms with van der Waals surface area (Å²) in [5.41, 5.74) is 4.34. The number of ether oxygens (including phenoxy) is 4. The molecule has 2 fully saturated rings. The highest BCUT2D eigenvalue weighted by atomic mass is 16.6. The van der Waals surface area contributed by atoms with Crippen LogP contribution in [-0.4, -0.2) is 48.4 Å². The topological polar surface area (TPSA) is 61.3 Å². The summed E-state index contributed by atoms with van der Waals surface area (Å²) in [7, 11) is 0. The van der Waals surface area contributed by atoms with E-state index >= 15 is 0 Å². The Balaban J connectivity index is 1.32. The molecule has 0 bridgehead atoms. The van der Waals surface area contributed by atoms with Gasteiger partial charge in [0.05, 0.1) is 24.6 Å². The Labute approximate surface area is 195 Å². The largest absolute Gasteiger partial charge is 0.491 e. The summed E-state index contributed by atoms with van der Waals surface area (Å²) >= 11 is 0. The standard InChI is InChI=1S/C27H32N2O4/c1-2-3-4-5-6-22-15-27(20-7-11-23(12-8-20)30-16-25-18-32-25)28-29(22)21-9-13-24(14-10-21)31-17-26-19-33-26/h7-15,25-26H,2-6,16-19H2,1H3. The molecular weight excluding hydrogens is 416 g/mol. The molecule has 3 heterocycles. The van der Waals surface area contributed by atoms with Gasteiger partial charge in [-0.25, -0.2) is 4.68 Å². The first-order valence-corrected chi connectivity index (χ1v) is 12.1. The van der Waals surface area contributed by atoms with Crippen LogP contribution in [0.25, 0.3) is 16.9 Å². The Morgan fingerprint density at radius 3 is 2.03 bits per heavy atom. The van der Waals surface area contributed by atoms with Crippen LogP contribution < -0.4 is 9.47 Å². The highest BCUT2D eigenvalue weighted by Crippen LogP contribution is 2.26. The SMILES string of the molecule is CCCCCCc1cc(-c2ccc(OCC3CO3)cc2)nn1-c1ccc(OCC2CO2)cc1. The number of unbranched alkanes of at least 4 members (excludes halogenated alkanes) is 3. The summed E-state index contributed by atoms with van der Waals surface area (Å²) in [4.78, 5) is 0. The van der Waals surface area contributed by atoms with Crippen molar-refractivity contribution in [3.05, 3.63) is 60.3 Å². The lowest BCUT2D eigenvalue weighted by Gasteiger charge is -2.09. The summed E-state index contributed by atoms with van der Waals surface area (Å²) in [5, 5.41) is 4.97. The molecule has 0 spiro atoms. The average Bonchev–Trinajstić information content (AvgIpc) is 3.79. The van der Waals surface area contributed by atoms with Gasteiger partial charge in [-0.05, 0) is 67.4 Å². The van der Waals surface area contributed by atoms with Gasteiger partial charge < -0.3 is 18.9 Å². The molecule has 6 heteroatoms. The van der Waals surface area contributed by atoms with E-state index in [1.165, 1.54) is 25.0 Å². The Morgan fingerprint density at radius 2 is 1.45 bits per heavy atom. The van der Waals surface area contributed by atoms with Crippen LogP contribution in [0.2, 0.25) is 0 Å². The number of aromatic nitrogens is 2. The quantitative estimate of drug-likeness (QED) is 0.265. The van der Waals surface area contributed by atoms with Crippen molar-refractivity contribution in [2.24, 2.45) is 0 Å². The Hall–Kier alpha value is -2.83. The van der Waals surface area contributed by atoms with Gasteiger partial charge in [-0.3, -0.25) is 0 Å². The minimum Gasteiger partial charge on any atom is -0.491 e. The van der Waals surface area contributed by atoms with Crippen molar-refractivity contribution in [3.8, 4) is 28.4 Å². The number of hydrogen-bond acceptors (Lipinski definition) is 5. The summed E-state index contributed by atoms with van der Waals surface area (Å²) in [6.45, 7) is 5.08. The first-order chi connectivity index (χ1) is 16.3. The summed E-state index contributed by atoms with van der Waals surface area (Å²) in [5.74, 6) is 1.72. The molecule has 0 saturated carbocycles. The molecule has 2 atom stereocenters. The molecule has 0 aliphatic carbocycles. The van der Waals surface area contributed by atoms with Crippen LogP contribution in [0.5, 0.6) is 11.5 Å². The molecule has 2 unspecified atom stereocenters. The highest BCUT2D eigenvalue weighted by molar-refractivity contribution is 5.61. The van der Waals surface area contributed by atoms with Crippen LogP contribution in [0.1, 0.15) is 38.3 Å². The van der Waals surface area contributed by atoms with E-state index in [2.05, 4.69) is 41.9 Å². The first kappa shape index (κ1) is 22.0. The van der Waals surface area contributed by atoms with Crippen molar-refractivity contribution in [1.82, 2.24) is 9.78 Å². The molecule has 2 aromatic carbocycles. The van der Waals surface area contributed by atoms with Gasteiger partial charge in [0.2, 0.25) is 0 Å². The van der Waals surface area contributed by atoms with Crippen LogP contribution in [-0.2, 0) is 15.9 Å². The van der Waals surface area contributed by atoms with E-state index in [4.69, 9.17) is 24.0 Å². The number of hydrogen-bond donors (Lipinski definition) is 0. The van der Waals surface area contributed by atoms with Gasteiger partial charge in [-0.2, -0.15) is 5.10 Å². The molecule has 5 rings (SSSR count). The molecule has 0 amide bonds.